The Morgan fingerprint density at radius 2 is 2.00 bits per heavy atom. The van der Waals surface area contributed by atoms with E-state index in [4.69, 9.17) is 9.73 Å². The number of aliphatic imine (C=N–C) groups is 1. The Morgan fingerprint density at radius 3 is 2.76 bits per heavy atom. The van der Waals surface area contributed by atoms with Crippen LogP contribution in [0.25, 0.3) is 0 Å². The first kappa shape index (κ1) is 21.8. The molecule has 3 rings (SSSR count). The second kappa shape index (κ2) is 12.0. The van der Waals surface area contributed by atoms with Gasteiger partial charge in [0.15, 0.2) is 5.96 Å². The van der Waals surface area contributed by atoms with Crippen molar-refractivity contribution in [1.82, 2.24) is 20.5 Å². The zero-order valence-electron chi connectivity index (χ0n) is 18.2. The lowest BCUT2D eigenvalue weighted by Crippen LogP contribution is -2.40. The molecule has 7 heteroatoms. The number of ether oxygens (including phenoxy) is 1. The molecule has 0 saturated carbocycles. The van der Waals surface area contributed by atoms with Crippen molar-refractivity contribution >= 4 is 11.8 Å². The van der Waals surface area contributed by atoms with Gasteiger partial charge in [0.2, 0.25) is 0 Å². The molecule has 0 aromatic carbocycles. The maximum Gasteiger partial charge on any atom is 0.191 e. The van der Waals surface area contributed by atoms with Crippen molar-refractivity contribution in [2.45, 2.75) is 39.7 Å². The van der Waals surface area contributed by atoms with Crippen LogP contribution in [0.1, 0.15) is 38.7 Å². The highest BCUT2D eigenvalue weighted by Gasteiger charge is 2.16. The summed E-state index contributed by atoms with van der Waals surface area (Å²) in [7, 11) is 0. The van der Waals surface area contributed by atoms with Crippen molar-refractivity contribution in [3.63, 3.8) is 0 Å². The molecule has 0 atom stereocenters. The van der Waals surface area contributed by atoms with Crippen molar-refractivity contribution in [1.29, 1.82) is 0 Å². The molecule has 2 aliphatic rings. The molecule has 1 aromatic heterocycles. The number of nitrogens with one attached hydrogen (secondary N) is 2. The van der Waals surface area contributed by atoms with Crippen LogP contribution in [0.15, 0.2) is 23.3 Å². The maximum atomic E-state index is 5.47. The quantitative estimate of drug-likeness (QED) is 0.394. The van der Waals surface area contributed by atoms with Crippen molar-refractivity contribution < 1.29 is 4.74 Å². The zero-order valence-corrected chi connectivity index (χ0v) is 18.2. The molecule has 0 spiro atoms. The highest BCUT2D eigenvalue weighted by Crippen LogP contribution is 2.19. The van der Waals surface area contributed by atoms with Gasteiger partial charge in [0.1, 0.15) is 5.82 Å². The second-order valence-corrected chi connectivity index (χ2v) is 8.09. The Bertz CT molecular complexity index is 623. The lowest BCUT2D eigenvalue weighted by atomic mass is 9.99. The molecule has 0 amide bonds. The number of nitrogens with zero attached hydrogens (tertiary/aromatic N) is 4. The van der Waals surface area contributed by atoms with E-state index in [0.29, 0.717) is 6.54 Å². The third-order valence-corrected chi connectivity index (χ3v) is 5.75. The van der Waals surface area contributed by atoms with Crippen LogP contribution in [0, 0.1) is 5.92 Å². The average molecular weight is 403 g/mol. The van der Waals surface area contributed by atoms with E-state index < -0.39 is 0 Å². The third-order valence-electron chi connectivity index (χ3n) is 5.75. The Hall–Kier alpha value is -1.86. The molecule has 3 heterocycles. The number of anilines is 1. The number of morpholine rings is 1. The summed E-state index contributed by atoms with van der Waals surface area (Å²) < 4.78 is 5.47. The number of hydrogen-bond acceptors (Lipinski definition) is 5. The maximum absolute atomic E-state index is 5.47. The van der Waals surface area contributed by atoms with Gasteiger partial charge >= 0.3 is 0 Å². The number of rotatable bonds is 8. The van der Waals surface area contributed by atoms with Gasteiger partial charge < -0.3 is 25.2 Å². The van der Waals surface area contributed by atoms with E-state index in [1.807, 2.05) is 12.3 Å². The van der Waals surface area contributed by atoms with Crippen LogP contribution in [0.2, 0.25) is 0 Å². The van der Waals surface area contributed by atoms with Crippen LogP contribution in [0.4, 0.5) is 5.82 Å². The van der Waals surface area contributed by atoms with Gasteiger partial charge in [-0.2, -0.15) is 0 Å². The van der Waals surface area contributed by atoms with Crippen LogP contribution in [-0.4, -0.2) is 74.9 Å². The van der Waals surface area contributed by atoms with Crippen LogP contribution >= 0.6 is 0 Å². The average Bonchev–Trinajstić information content (AvgIpc) is 2.77. The number of pyridine rings is 1. The summed E-state index contributed by atoms with van der Waals surface area (Å²) in [6.45, 7) is 13.9. The molecule has 0 unspecified atom stereocenters. The number of piperidine rings is 1. The Kier molecular flexibility index (Phi) is 9.02. The van der Waals surface area contributed by atoms with E-state index in [0.717, 1.165) is 69.1 Å². The topological polar surface area (TPSA) is 65.0 Å². The standard InChI is InChI=1S/C22H38N6O/c1-3-23-22(25-10-5-11-27-12-7-19(2)8-13-27)26-18-20-6-4-9-24-21(20)28-14-16-29-17-15-28/h4,6,9,19H,3,5,7-8,10-18H2,1-2H3,(H2,23,25,26). The molecule has 0 bridgehead atoms. The number of aromatic nitrogens is 1. The third kappa shape index (κ3) is 7.16. The van der Waals surface area contributed by atoms with Crippen molar-refractivity contribution in [2.75, 3.05) is 63.9 Å². The minimum atomic E-state index is 0.625. The Balaban J connectivity index is 1.49. The van der Waals surface area contributed by atoms with Crippen molar-refractivity contribution in [3.05, 3.63) is 23.9 Å². The van der Waals surface area contributed by atoms with Crippen LogP contribution in [-0.2, 0) is 11.3 Å². The van der Waals surface area contributed by atoms with Gasteiger partial charge in [-0.25, -0.2) is 9.98 Å². The molecule has 2 fully saturated rings. The van der Waals surface area contributed by atoms with E-state index in [2.05, 4.69) is 45.3 Å². The highest BCUT2D eigenvalue weighted by atomic mass is 16.5. The van der Waals surface area contributed by atoms with Crippen molar-refractivity contribution in [3.8, 4) is 0 Å². The van der Waals surface area contributed by atoms with Gasteiger partial charge in [-0.1, -0.05) is 13.0 Å². The molecule has 1 aromatic rings. The fourth-order valence-electron chi connectivity index (χ4n) is 3.91. The van der Waals surface area contributed by atoms with Crippen LogP contribution in [0.3, 0.4) is 0 Å². The first-order valence-electron chi connectivity index (χ1n) is 11.3. The summed E-state index contributed by atoms with van der Waals surface area (Å²) in [6, 6.07) is 4.12. The molecule has 0 radical (unpaired) electrons. The Morgan fingerprint density at radius 1 is 1.21 bits per heavy atom. The normalized spacial score (nSPS) is 19.4. The summed E-state index contributed by atoms with van der Waals surface area (Å²) in [4.78, 5) is 14.3. The number of likely N-dealkylation sites (tertiary alicyclic amines) is 1. The molecule has 2 saturated heterocycles. The smallest absolute Gasteiger partial charge is 0.191 e. The molecule has 2 N–H and O–H groups in total. The molecular weight excluding hydrogens is 364 g/mol. The second-order valence-electron chi connectivity index (χ2n) is 8.09. The molecule has 29 heavy (non-hydrogen) atoms. The summed E-state index contributed by atoms with van der Waals surface area (Å²) >= 11 is 0. The predicted octanol–water partition coefficient (Wildman–Crippen LogP) is 2.10. The fourth-order valence-corrected chi connectivity index (χ4v) is 3.91. The van der Waals surface area contributed by atoms with Gasteiger partial charge in [0.25, 0.3) is 0 Å². The van der Waals surface area contributed by atoms with Crippen molar-refractivity contribution in [2.24, 2.45) is 10.9 Å². The summed E-state index contributed by atoms with van der Waals surface area (Å²) in [5.74, 6) is 2.82. The van der Waals surface area contributed by atoms with E-state index in [9.17, 15) is 0 Å². The lowest BCUT2D eigenvalue weighted by molar-refractivity contribution is 0.122. The monoisotopic (exact) mass is 402 g/mol. The minimum Gasteiger partial charge on any atom is -0.378 e. The van der Waals surface area contributed by atoms with Gasteiger partial charge in [0, 0.05) is 37.9 Å². The SMILES string of the molecule is CCNC(=NCc1cccnc1N1CCOCC1)NCCCN1CCC(C)CC1. The largest absolute Gasteiger partial charge is 0.378 e. The zero-order chi connectivity index (χ0) is 20.3. The summed E-state index contributed by atoms with van der Waals surface area (Å²) in [6.07, 6.45) is 5.69. The molecule has 162 valence electrons. The summed E-state index contributed by atoms with van der Waals surface area (Å²) in [5, 5.41) is 6.86. The van der Waals surface area contributed by atoms with Gasteiger partial charge in [-0.15, -0.1) is 0 Å². The van der Waals surface area contributed by atoms with E-state index in [1.54, 1.807) is 0 Å². The molecule has 2 aliphatic heterocycles. The van der Waals surface area contributed by atoms with E-state index in [1.165, 1.54) is 32.5 Å². The molecular formula is C22H38N6O. The number of guanidine groups is 1. The first-order valence-corrected chi connectivity index (χ1v) is 11.3. The van der Waals surface area contributed by atoms with Gasteiger partial charge in [-0.3, -0.25) is 0 Å². The van der Waals surface area contributed by atoms with Crippen LogP contribution in [0.5, 0.6) is 0 Å². The lowest BCUT2D eigenvalue weighted by Gasteiger charge is -2.30. The van der Waals surface area contributed by atoms with Crippen LogP contribution < -0.4 is 15.5 Å². The summed E-state index contributed by atoms with van der Waals surface area (Å²) in [5.41, 5.74) is 1.16. The molecule has 7 nitrogen and oxygen atoms in total. The van der Waals surface area contributed by atoms with E-state index >= 15 is 0 Å². The highest BCUT2D eigenvalue weighted by molar-refractivity contribution is 5.79. The van der Waals surface area contributed by atoms with Gasteiger partial charge in [-0.05, 0) is 57.8 Å². The van der Waals surface area contributed by atoms with E-state index in [-0.39, 0.29) is 0 Å². The predicted molar refractivity (Wildman–Crippen MR) is 120 cm³/mol. The fraction of sp³-hybridized carbons (Fsp3) is 0.727. The first-order chi connectivity index (χ1) is 14.3. The number of hydrogen-bond donors (Lipinski definition) is 2. The van der Waals surface area contributed by atoms with Gasteiger partial charge in [0.05, 0.1) is 19.8 Å². The molecule has 0 aliphatic carbocycles. The Labute approximate surface area is 175 Å². The minimum absolute atomic E-state index is 0.625.